The van der Waals surface area contributed by atoms with Gasteiger partial charge in [0.05, 0.1) is 0 Å². The van der Waals surface area contributed by atoms with Gasteiger partial charge in [0.2, 0.25) is 0 Å². The van der Waals surface area contributed by atoms with E-state index in [0.29, 0.717) is 0 Å². The van der Waals surface area contributed by atoms with Crippen LogP contribution in [0.3, 0.4) is 0 Å². The van der Waals surface area contributed by atoms with Gasteiger partial charge in [-0.05, 0) is 19.4 Å². The van der Waals surface area contributed by atoms with Crippen LogP contribution in [0.15, 0.2) is 30.3 Å². The molecule has 1 N–H and O–H groups in total. The third kappa shape index (κ3) is 1.66. The Morgan fingerprint density at radius 2 is 1.81 bits per heavy atom. The summed E-state index contributed by atoms with van der Waals surface area (Å²) >= 11 is 0. The molecule has 1 aromatic rings. The van der Waals surface area contributed by atoms with E-state index in [2.05, 4.69) is 5.32 Å². The van der Waals surface area contributed by atoms with Crippen molar-refractivity contribution < 1.29 is 9.59 Å². The third-order valence-electron chi connectivity index (χ3n) is 2.62. The van der Waals surface area contributed by atoms with Crippen molar-refractivity contribution in [1.82, 2.24) is 10.2 Å². The molecule has 1 atom stereocenters. The first-order valence-corrected chi connectivity index (χ1v) is 5.30. The van der Waals surface area contributed by atoms with Crippen LogP contribution in [0.1, 0.15) is 25.5 Å². The molecular formula is C12H14N2O2. The lowest BCUT2D eigenvalue weighted by molar-refractivity contribution is -0.128. The van der Waals surface area contributed by atoms with E-state index in [9.17, 15) is 9.59 Å². The second-order valence-corrected chi connectivity index (χ2v) is 4.10. The van der Waals surface area contributed by atoms with Crippen LogP contribution in [-0.4, -0.2) is 22.9 Å². The molecule has 2 rings (SSSR count). The monoisotopic (exact) mass is 218 g/mol. The van der Waals surface area contributed by atoms with Gasteiger partial charge >= 0.3 is 6.03 Å². The summed E-state index contributed by atoms with van der Waals surface area (Å²) in [5.74, 6) is -0.175. The number of nitrogens with zero attached hydrogens (tertiary/aromatic N) is 1. The Hall–Kier alpha value is -1.84. The van der Waals surface area contributed by atoms with Crippen LogP contribution in [0.5, 0.6) is 0 Å². The van der Waals surface area contributed by atoms with E-state index >= 15 is 0 Å². The van der Waals surface area contributed by atoms with E-state index < -0.39 is 6.04 Å². The number of nitrogens with one attached hydrogen (secondary N) is 1. The summed E-state index contributed by atoms with van der Waals surface area (Å²) in [5.41, 5.74) is 0.823. The van der Waals surface area contributed by atoms with Gasteiger partial charge in [0.15, 0.2) is 0 Å². The molecule has 0 spiro atoms. The lowest BCUT2D eigenvalue weighted by atomic mass is 10.1. The first-order chi connectivity index (χ1) is 7.61. The van der Waals surface area contributed by atoms with Gasteiger partial charge in [-0.3, -0.25) is 9.69 Å². The van der Waals surface area contributed by atoms with Gasteiger partial charge in [0.1, 0.15) is 6.04 Å². The summed E-state index contributed by atoms with van der Waals surface area (Å²) in [5, 5.41) is 2.69. The van der Waals surface area contributed by atoms with E-state index in [1.54, 1.807) is 0 Å². The van der Waals surface area contributed by atoms with Crippen LogP contribution in [0, 0.1) is 0 Å². The van der Waals surface area contributed by atoms with Crippen LogP contribution in [0.4, 0.5) is 4.79 Å². The molecule has 1 unspecified atom stereocenters. The van der Waals surface area contributed by atoms with Crippen LogP contribution in [-0.2, 0) is 4.79 Å². The lowest BCUT2D eigenvalue weighted by Gasteiger charge is -2.16. The summed E-state index contributed by atoms with van der Waals surface area (Å²) in [4.78, 5) is 24.9. The maximum atomic E-state index is 12.0. The van der Waals surface area contributed by atoms with Crippen LogP contribution < -0.4 is 5.32 Å². The molecule has 16 heavy (non-hydrogen) atoms. The Balaban J connectivity index is 2.28. The number of hydrogen-bond acceptors (Lipinski definition) is 2. The zero-order valence-corrected chi connectivity index (χ0v) is 9.31. The van der Waals surface area contributed by atoms with Crippen molar-refractivity contribution in [3.63, 3.8) is 0 Å². The van der Waals surface area contributed by atoms with Crippen molar-refractivity contribution in [2.75, 3.05) is 0 Å². The van der Waals surface area contributed by atoms with Crippen molar-refractivity contribution in [2.24, 2.45) is 0 Å². The van der Waals surface area contributed by atoms with Gasteiger partial charge in [-0.1, -0.05) is 30.3 Å². The summed E-state index contributed by atoms with van der Waals surface area (Å²) in [6, 6.07) is 8.32. The van der Waals surface area contributed by atoms with Crippen LogP contribution in [0.2, 0.25) is 0 Å². The summed E-state index contributed by atoms with van der Waals surface area (Å²) < 4.78 is 0. The number of urea groups is 1. The summed E-state index contributed by atoms with van der Waals surface area (Å²) in [7, 11) is 0. The predicted octanol–water partition coefficient (Wildman–Crippen LogP) is 1.69. The molecule has 1 aliphatic heterocycles. The molecule has 0 radical (unpaired) electrons. The minimum atomic E-state index is -0.531. The van der Waals surface area contributed by atoms with Gasteiger partial charge in [-0.2, -0.15) is 0 Å². The molecule has 1 aliphatic rings. The number of imide groups is 1. The number of carbonyl (C=O) groups is 2. The van der Waals surface area contributed by atoms with Gasteiger partial charge in [0.25, 0.3) is 5.91 Å². The zero-order valence-electron chi connectivity index (χ0n) is 9.31. The molecule has 3 amide bonds. The zero-order chi connectivity index (χ0) is 11.7. The van der Waals surface area contributed by atoms with Gasteiger partial charge in [-0.15, -0.1) is 0 Å². The fraction of sp³-hybridized carbons (Fsp3) is 0.333. The predicted molar refractivity (Wildman–Crippen MR) is 59.7 cm³/mol. The Kier molecular flexibility index (Phi) is 2.64. The van der Waals surface area contributed by atoms with Crippen molar-refractivity contribution >= 4 is 11.9 Å². The van der Waals surface area contributed by atoms with E-state index in [0.717, 1.165) is 5.56 Å². The van der Waals surface area contributed by atoms with Crippen molar-refractivity contribution in [3.8, 4) is 0 Å². The van der Waals surface area contributed by atoms with Crippen molar-refractivity contribution in [2.45, 2.75) is 25.9 Å². The van der Waals surface area contributed by atoms with Gasteiger partial charge in [-0.25, -0.2) is 4.79 Å². The third-order valence-corrected chi connectivity index (χ3v) is 2.62. The Morgan fingerprint density at radius 3 is 2.31 bits per heavy atom. The van der Waals surface area contributed by atoms with Crippen LogP contribution in [0.25, 0.3) is 0 Å². The summed E-state index contributed by atoms with van der Waals surface area (Å²) in [6.07, 6.45) is 0. The number of hydrogen-bond donors (Lipinski definition) is 1. The minimum Gasteiger partial charge on any atom is -0.322 e. The molecule has 1 aromatic carbocycles. The topological polar surface area (TPSA) is 49.4 Å². The highest BCUT2D eigenvalue weighted by Gasteiger charge is 2.39. The molecule has 1 fully saturated rings. The van der Waals surface area contributed by atoms with E-state index in [4.69, 9.17) is 0 Å². The fourth-order valence-electron chi connectivity index (χ4n) is 1.85. The van der Waals surface area contributed by atoms with Crippen LogP contribution >= 0.6 is 0 Å². The number of benzene rings is 1. The molecule has 84 valence electrons. The molecular weight excluding hydrogens is 204 g/mol. The maximum Gasteiger partial charge on any atom is 0.325 e. The van der Waals surface area contributed by atoms with Crippen molar-refractivity contribution in [1.29, 1.82) is 0 Å². The normalized spacial score (nSPS) is 20.4. The highest BCUT2D eigenvalue weighted by atomic mass is 16.2. The molecule has 0 aliphatic carbocycles. The standard InChI is InChI=1S/C12H14N2O2/c1-8(2)14-11(15)10(13-12(14)16)9-6-4-3-5-7-9/h3-8,10H,1-2H3,(H,13,16). The number of rotatable bonds is 2. The molecule has 1 saturated heterocycles. The summed E-state index contributed by atoms with van der Waals surface area (Å²) in [6.45, 7) is 3.65. The smallest absolute Gasteiger partial charge is 0.322 e. The quantitative estimate of drug-likeness (QED) is 0.768. The number of carbonyl (C=O) groups excluding carboxylic acids is 2. The maximum absolute atomic E-state index is 12.0. The van der Waals surface area contributed by atoms with Gasteiger partial charge in [0, 0.05) is 6.04 Å². The number of amides is 3. The highest BCUT2D eigenvalue weighted by Crippen LogP contribution is 2.22. The Morgan fingerprint density at radius 1 is 1.19 bits per heavy atom. The molecule has 0 bridgehead atoms. The van der Waals surface area contributed by atoms with Crippen molar-refractivity contribution in [3.05, 3.63) is 35.9 Å². The molecule has 0 saturated carbocycles. The SMILES string of the molecule is CC(C)N1C(=O)NC(c2ccccc2)C1=O. The molecule has 4 heteroatoms. The Bertz CT molecular complexity index is 414. The molecule has 1 heterocycles. The largest absolute Gasteiger partial charge is 0.325 e. The highest BCUT2D eigenvalue weighted by molar-refractivity contribution is 6.04. The van der Waals surface area contributed by atoms with E-state index in [1.165, 1.54) is 4.90 Å². The van der Waals surface area contributed by atoms with Gasteiger partial charge < -0.3 is 5.32 Å². The first kappa shape index (κ1) is 10.7. The minimum absolute atomic E-state index is 0.110. The molecule has 4 nitrogen and oxygen atoms in total. The van der Waals surface area contributed by atoms with E-state index in [-0.39, 0.29) is 18.0 Å². The first-order valence-electron chi connectivity index (χ1n) is 5.30. The lowest BCUT2D eigenvalue weighted by Crippen LogP contribution is -2.36. The second-order valence-electron chi connectivity index (χ2n) is 4.10. The average Bonchev–Trinajstić information content (AvgIpc) is 2.55. The Labute approximate surface area is 94.2 Å². The van der Waals surface area contributed by atoms with E-state index in [1.807, 2.05) is 44.2 Å². The fourth-order valence-corrected chi connectivity index (χ4v) is 1.85. The second kappa shape index (κ2) is 3.96. The average molecular weight is 218 g/mol. The molecule has 0 aromatic heterocycles.